The molecule has 0 radical (unpaired) electrons. The largest absolute Gasteiger partial charge is 0.479 e. The van der Waals surface area contributed by atoms with Crippen LogP contribution in [0.5, 0.6) is 5.75 Å². The fraction of sp³-hybridized carbons (Fsp3) is 0.591. The predicted molar refractivity (Wildman–Crippen MR) is 108 cm³/mol. The quantitative estimate of drug-likeness (QED) is 0.726. The van der Waals surface area contributed by atoms with Gasteiger partial charge in [0, 0.05) is 24.1 Å². The summed E-state index contributed by atoms with van der Waals surface area (Å²) in [6.45, 7) is 7.74. The monoisotopic (exact) mass is 386 g/mol. The Morgan fingerprint density at radius 2 is 1.82 bits per heavy atom. The Morgan fingerprint density at radius 3 is 2.46 bits per heavy atom. The van der Waals surface area contributed by atoms with Crippen molar-refractivity contribution in [3.8, 4) is 5.75 Å². The zero-order valence-corrected chi connectivity index (χ0v) is 17.2. The van der Waals surface area contributed by atoms with Crippen molar-refractivity contribution in [1.29, 1.82) is 0 Å². The Hall–Kier alpha value is -2.37. The first kappa shape index (κ1) is 20.4. The molecule has 28 heavy (non-hydrogen) atoms. The molecule has 2 amide bonds. The molecule has 1 aromatic rings. The highest BCUT2D eigenvalue weighted by Gasteiger charge is 2.36. The van der Waals surface area contributed by atoms with E-state index in [2.05, 4.69) is 13.8 Å². The number of piperidine rings is 1. The van der Waals surface area contributed by atoms with Gasteiger partial charge in [-0.05, 0) is 64.7 Å². The van der Waals surface area contributed by atoms with E-state index in [9.17, 15) is 14.4 Å². The molecule has 0 aliphatic carbocycles. The number of hydrogen-bond acceptors (Lipinski definition) is 4. The first-order chi connectivity index (χ1) is 13.3. The molecule has 0 saturated carbocycles. The molecular formula is C22H30N2O4. The van der Waals surface area contributed by atoms with E-state index in [4.69, 9.17) is 4.74 Å². The normalized spacial score (nSPS) is 24.6. The number of nitrogens with zero attached hydrogens (tertiary/aromatic N) is 2. The van der Waals surface area contributed by atoms with Crippen molar-refractivity contribution >= 4 is 23.3 Å². The third-order valence-electron chi connectivity index (χ3n) is 5.74. The molecule has 3 unspecified atom stereocenters. The topological polar surface area (TPSA) is 66.9 Å². The second-order valence-corrected chi connectivity index (χ2v) is 7.97. The van der Waals surface area contributed by atoms with Crippen molar-refractivity contribution in [2.24, 2.45) is 0 Å². The Bertz CT molecular complexity index is 766. The molecule has 2 aliphatic heterocycles. The van der Waals surface area contributed by atoms with Crippen LogP contribution in [0.15, 0.2) is 18.2 Å². The van der Waals surface area contributed by atoms with E-state index in [0.717, 1.165) is 25.7 Å². The minimum absolute atomic E-state index is 0.0281. The molecule has 3 atom stereocenters. The predicted octanol–water partition coefficient (Wildman–Crippen LogP) is 3.57. The van der Waals surface area contributed by atoms with E-state index < -0.39 is 6.10 Å². The van der Waals surface area contributed by atoms with Gasteiger partial charge >= 0.3 is 0 Å². The number of carbonyl (C=O) groups is 3. The van der Waals surface area contributed by atoms with Gasteiger partial charge in [-0.2, -0.15) is 0 Å². The van der Waals surface area contributed by atoms with Gasteiger partial charge in [0.25, 0.3) is 5.91 Å². The van der Waals surface area contributed by atoms with Crippen LogP contribution >= 0.6 is 0 Å². The second kappa shape index (κ2) is 8.33. The van der Waals surface area contributed by atoms with Crippen molar-refractivity contribution in [3.05, 3.63) is 23.8 Å². The van der Waals surface area contributed by atoms with E-state index in [1.807, 2.05) is 11.8 Å². The number of rotatable bonds is 5. The maximum atomic E-state index is 13.1. The fourth-order valence-corrected chi connectivity index (χ4v) is 4.24. The smallest absolute Gasteiger partial charge is 0.268 e. The number of likely N-dealkylation sites (tertiary alicyclic amines) is 1. The number of amides is 2. The van der Waals surface area contributed by atoms with Gasteiger partial charge in [0.2, 0.25) is 5.91 Å². The van der Waals surface area contributed by atoms with Gasteiger partial charge in [-0.15, -0.1) is 0 Å². The lowest BCUT2D eigenvalue weighted by Gasteiger charge is -2.41. The van der Waals surface area contributed by atoms with E-state index in [0.29, 0.717) is 23.4 Å². The summed E-state index contributed by atoms with van der Waals surface area (Å²) in [6.07, 6.45) is 3.63. The van der Waals surface area contributed by atoms with Crippen molar-refractivity contribution < 1.29 is 19.1 Å². The van der Waals surface area contributed by atoms with Gasteiger partial charge in [-0.3, -0.25) is 19.3 Å². The van der Waals surface area contributed by atoms with Gasteiger partial charge in [0.05, 0.1) is 5.69 Å². The lowest BCUT2D eigenvalue weighted by atomic mass is 9.97. The summed E-state index contributed by atoms with van der Waals surface area (Å²) >= 11 is 0. The summed E-state index contributed by atoms with van der Waals surface area (Å²) in [5.41, 5.74) is 1.06. The maximum Gasteiger partial charge on any atom is 0.268 e. The van der Waals surface area contributed by atoms with E-state index in [1.165, 1.54) is 4.90 Å². The second-order valence-electron chi connectivity index (χ2n) is 7.97. The molecule has 6 heteroatoms. The van der Waals surface area contributed by atoms with Crippen LogP contribution in [0, 0.1) is 0 Å². The van der Waals surface area contributed by atoms with Crippen LogP contribution in [0.2, 0.25) is 0 Å². The molecule has 2 heterocycles. The molecule has 0 aromatic heterocycles. The molecule has 6 nitrogen and oxygen atoms in total. The van der Waals surface area contributed by atoms with E-state index >= 15 is 0 Å². The minimum Gasteiger partial charge on any atom is -0.479 e. The zero-order chi connectivity index (χ0) is 20.4. The fourth-order valence-electron chi connectivity index (χ4n) is 4.24. The number of anilines is 1. The van der Waals surface area contributed by atoms with Gasteiger partial charge in [0.1, 0.15) is 12.3 Å². The van der Waals surface area contributed by atoms with Crippen LogP contribution in [-0.2, 0) is 9.59 Å². The molecule has 1 saturated heterocycles. The van der Waals surface area contributed by atoms with Gasteiger partial charge < -0.3 is 9.64 Å². The Morgan fingerprint density at radius 1 is 1.14 bits per heavy atom. The Balaban J connectivity index is 1.90. The van der Waals surface area contributed by atoms with Crippen LogP contribution in [0.4, 0.5) is 5.69 Å². The van der Waals surface area contributed by atoms with Gasteiger partial charge in [-0.1, -0.05) is 6.92 Å². The third kappa shape index (κ3) is 3.91. The number of ketones is 1. The number of carbonyl (C=O) groups excluding carboxylic acids is 3. The molecule has 0 spiro atoms. The highest BCUT2D eigenvalue weighted by molar-refractivity contribution is 6.05. The number of fused-ring (bicyclic) bond motifs is 1. The molecule has 1 aromatic carbocycles. The maximum absolute atomic E-state index is 13.1. The summed E-state index contributed by atoms with van der Waals surface area (Å²) in [5, 5.41) is 0. The summed E-state index contributed by atoms with van der Waals surface area (Å²) in [6, 6.07) is 5.48. The highest BCUT2D eigenvalue weighted by Crippen LogP contribution is 2.35. The highest BCUT2D eigenvalue weighted by atomic mass is 16.5. The molecule has 0 bridgehead atoms. The SMILES string of the molecule is CCCC(=O)c1ccc2c(c1)N(CC(=O)N1C(C)CCCC1C)C(=O)C(C)O2. The first-order valence-corrected chi connectivity index (χ1v) is 10.3. The summed E-state index contributed by atoms with van der Waals surface area (Å²) in [7, 11) is 0. The molecule has 0 N–H and O–H groups in total. The van der Waals surface area contributed by atoms with Crippen LogP contribution in [0.1, 0.15) is 70.2 Å². The standard InChI is InChI=1S/C22H30N2O4/c1-5-7-19(25)17-10-11-20-18(12-17)23(22(27)16(4)28-20)13-21(26)24-14(2)8-6-9-15(24)3/h10-12,14-16H,5-9,13H2,1-4H3. The Labute approximate surface area is 166 Å². The van der Waals surface area contributed by atoms with Crippen LogP contribution in [0.25, 0.3) is 0 Å². The van der Waals surface area contributed by atoms with Crippen molar-refractivity contribution in [1.82, 2.24) is 4.90 Å². The van der Waals surface area contributed by atoms with Gasteiger partial charge in [0.15, 0.2) is 11.9 Å². The summed E-state index contributed by atoms with van der Waals surface area (Å²) < 4.78 is 5.71. The third-order valence-corrected chi connectivity index (χ3v) is 5.74. The van der Waals surface area contributed by atoms with Gasteiger partial charge in [-0.25, -0.2) is 0 Å². The minimum atomic E-state index is -0.659. The number of Topliss-reactive ketones (excluding diaryl/α,β-unsaturated/α-hetero) is 1. The number of ether oxygens (including phenoxy) is 1. The van der Waals surface area contributed by atoms with E-state index in [1.54, 1.807) is 25.1 Å². The van der Waals surface area contributed by atoms with Crippen LogP contribution in [0.3, 0.4) is 0 Å². The first-order valence-electron chi connectivity index (χ1n) is 10.3. The lowest BCUT2D eigenvalue weighted by molar-refractivity contribution is -0.137. The van der Waals surface area contributed by atoms with E-state index in [-0.39, 0.29) is 36.2 Å². The Kier molecular flexibility index (Phi) is 6.06. The summed E-state index contributed by atoms with van der Waals surface area (Å²) in [4.78, 5) is 41.6. The average molecular weight is 386 g/mol. The van der Waals surface area contributed by atoms with Crippen molar-refractivity contribution in [3.63, 3.8) is 0 Å². The average Bonchev–Trinajstić information content (AvgIpc) is 2.65. The zero-order valence-electron chi connectivity index (χ0n) is 17.2. The molecule has 1 fully saturated rings. The van der Waals surface area contributed by atoms with Crippen LogP contribution < -0.4 is 9.64 Å². The van der Waals surface area contributed by atoms with Crippen LogP contribution in [-0.4, -0.2) is 47.2 Å². The number of benzene rings is 1. The number of hydrogen-bond donors (Lipinski definition) is 0. The lowest BCUT2D eigenvalue weighted by Crippen LogP contribution is -2.54. The molecular weight excluding hydrogens is 356 g/mol. The molecule has 152 valence electrons. The van der Waals surface area contributed by atoms with Crippen molar-refractivity contribution in [2.45, 2.75) is 78.0 Å². The van der Waals surface area contributed by atoms with Crippen molar-refractivity contribution in [2.75, 3.05) is 11.4 Å². The molecule has 2 aliphatic rings. The summed E-state index contributed by atoms with van der Waals surface area (Å²) in [5.74, 6) is 0.255. The molecule has 3 rings (SSSR count).